The highest BCUT2D eigenvalue weighted by atomic mass is 16.5. The minimum atomic E-state index is -0.529. The van der Waals surface area contributed by atoms with Crippen LogP contribution >= 0.6 is 0 Å². The molecule has 5 heteroatoms. The molecule has 0 saturated carbocycles. The average Bonchev–Trinajstić information content (AvgIpc) is 2.66. The number of piperazine rings is 1. The Kier molecular flexibility index (Phi) is 5.65. The zero-order chi connectivity index (χ0) is 17.7. The lowest BCUT2D eigenvalue weighted by molar-refractivity contribution is -0.140. The van der Waals surface area contributed by atoms with Crippen molar-refractivity contribution in [3.05, 3.63) is 42.5 Å². The third-order valence-electron chi connectivity index (χ3n) is 4.84. The van der Waals surface area contributed by atoms with Crippen molar-refractivity contribution in [1.29, 1.82) is 0 Å². The Hall–Kier alpha value is -2.30. The first-order valence-corrected chi connectivity index (χ1v) is 8.31. The first kappa shape index (κ1) is 18.0. The van der Waals surface area contributed by atoms with Crippen molar-refractivity contribution in [1.82, 2.24) is 9.80 Å². The van der Waals surface area contributed by atoms with Crippen LogP contribution in [0, 0.1) is 5.41 Å². The lowest BCUT2D eigenvalue weighted by Crippen LogP contribution is -2.53. The van der Waals surface area contributed by atoms with Crippen LogP contribution in [0.1, 0.15) is 30.6 Å². The second kappa shape index (κ2) is 7.51. The smallest absolute Gasteiger partial charge is 0.254 e. The number of benzene rings is 1. The predicted octanol–water partition coefficient (Wildman–Crippen LogP) is 2.58. The molecule has 0 bridgehead atoms. The SMILES string of the molecule is C=C[C@@](C)(CC)C(=O)N1CCN(C(=O)c2cccc(OC)c2)CC1. The summed E-state index contributed by atoms with van der Waals surface area (Å²) in [4.78, 5) is 28.9. The Labute approximate surface area is 143 Å². The van der Waals surface area contributed by atoms with Gasteiger partial charge in [-0.05, 0) is 31.5 Å². The summed E-state index contributed by atoms with van der Waals surface area (Å²) >= 11 is 0. The van der Waals surface area contributed by atoms with Gasteiger partial charge in [-0.15, -0.1) is 6.58 Å². The maximum Gasteiger partial charge on any atom is 0.254 e. The molecule has 1 fully saturated rings. The number of nitrogens with zero attached hydrogens (tertiary/aromatic N) is 2. The molecule has 130 valence electrons. The highest BCUT2D eigenvalue weighted by Crippen LogP contribution is 2.26. The van der Waals surface area contributed by atoms with E-state index >= 15 is 0 Å². The molecule has 0 aliphatic carbocycles. The summed E-state index contributed by atoms with van der Waals surface area (Å²) in [5.74, 6) is 0.732. The van der Waals surface area contributed by atoms with E-state index in [0.717, 1.165) is 6.42 Å². The lowest BCUT2D eigenvalue weighted by Gasteiger charge is -2.38. The highest BCUT2D eigenvalue weighted by Gasteiger charge is 2.34. The number of rotatable bonds is 5. The number of carbonyl (C=O) groups is 2. The molecule has 2 amide bonds. The molecule has 1 aliphatic heterocycles. The quantitative estimate of drug-likeness (QED) is 0.780. The fourth-order valence-electron chi connectivity index (χ4n) is 2.80. The topological polar surface area (TPSA) is 49.9 Å². The molecule has 1 saturated heterocycles. The van der Waals surface area contributed by atoms with E-state index in [0.29, 0.717) is 37.5 Å². The van der Waals surface area contributed by atoms with Crippen LogP contribution in [-0.2, 0) is 4.79 Å². The molecular formula is C19H26N2O3. The number of carbonyl (C=O) groups excluding carboxylic acids is 2. The normalized spacial score (nSPS) is 17.1. The van der Waals surface area contributed by atoms with Crippen molar-refractivity contribution in [2.45, 2.75) is 20.3 Å². The van der Waals surface area contributed by atoms with E-state index in [9.17, 15) is 9.59 Å². The number of hydrogen-bond acceptors (Lipinski definition) is 3. The van der Waals surface area contributed by atoms with Gasteiger partial charge >= 0.3 is 0 Å². The molecule has 0 spiro atoms. The van der Waals surface area contributed by atoms with E-state index in [1.54, 1.807) is 30.2 Å². The van der Waals surface area contributed by atoms with Gasteiger partial charge in [0, 0.05) is 31.7 Å². The zero-order valence-electron chi connectivity index (χ0n) is 14.7. The molecule has 5 nitrogen and oxygen atoms in total. The summed E-state index contributed by atoms with van der Waals surface area (Å²) in [6.07, 6.45) is 2.45. The Balaban J connectivity index is 2.00. The molecular weight excluding hydrogens is 304 g/mol. The van der Waals surface area contributed by atoms with Crippen molar-refractivity contribution in [3.63, 3.8) is 0 Å². The molecule has 0 aromatic heterocycles. The fraction of sp³-hybridized carbons (Fsp3) is 0.474. The van der Waals surface area contributed by atoms with E-state index in [1.165, 1.54) is 0 Å². The van der Waals surface area contributed by atoms with E-state index < -0.39 is 5.41 Å². The Morgan fingerprint density at radius 3 is 2.42 bits per heavy atom. The molecule has 1 aliphatic rings. The fourth-order valence-corrected chi connectivity index (χ4v) is 2.80. The molecule has 24 heavy (non-hydrogen) atoms. The molecule has 1 aromatic rings. The van der Waals surface area contributed by atoms with Gasteiger partial charge in [0.1, 0.15) is 5.75 Å². The van der Waals surface area contributed by atoms with Gasteiger partial charge in [0.25, 0.3) is 5.91 Å². The first-order chi connectivity index (χ1) is 11.4. The Morgan fingerprint density at radius 2 is 1.88 bits per heavy atom. The maximum absolute atomic E-state index is 12.6. The van der Waals surface area contributed by atoms with Gasteiger partial charge in [0.05, 0.1) is 12.5 Å². The molecule has 0 unspecified atom stereocenters. The van der Waals surface area contributed by atoms with E-state index in [2.05, 4.69) is 6.58 Å². The third kappa shape index (κ3) is 3.61. The van der Waals surface area contributed by atoms with Crippen LogP contribution in [0.5, 0.6) is 5.75 Å². The summed E-state index contributed by atoms with van der Waals surface area (Å²) in [5, 5.41) is 0. The van der Waals surface area contributed by atoms with Crippen LogP contribution in [0.3, 0.4) is 0 Å². The predicted molar refractivity (Wildman–Crippen MR) is 94.1 cm³/mol. The largest absolute Gasteiger partial charge is 0.497 e. The van der Waals surface area contributed by atoms with Crippen LogP contribution < -0.4 is 4.74 Å². The van der Waals surface area contributed by atoms with E-state index in [4.69, 9.17) is 4.74 Å². The van der Waals surface area contributed by atoms with Crippen LogP contribution in [0.2, 0.25) is 0 Å². The maximum atomic E-state index is 12.6. The molecule has 0 N–H and O–H groups in total. The van der Waals surface area contributed by atoms with Crippen LogP contribution in [0.25, 0.3) is 0 Å². The monoisotopic (exact) mass is 330 g/mol. The van der Waals surface area contributed by atoms with Gasteiger partial charge < -0.3 is 14.5 Å². The molecule has 1 heterocycles. The summed E-state index contributed by atoms with van der Waals surface area (Å²) in [5.41, 5.74) is 0.0810. The van der Waals surface area contributed by atoms with Crippen molar-refractivity contribution in [2.24, 2.45) is 5.41 Å². The van der Waals surface area contributed by atoms with Gasteiger partial charge in [-0.2, -0.15) is 0 Å². The molecule has 0 radical (unpaired) electrons. The van der Waals surface area contributed by atoms with Gasteiger partial charge in [0.2, 0.25) is 5.91 Å². The number of methoxy groups -OCH3 is 1. The minimum absolute atomic E-state index is 0.0250. The van der Waals surface area contributed by atoms with Crippen molar-refractivity contribution < 1.29 is 14.3 Å². The standard InChI is InChI=1S/C19H26N2O3/c1-5-19(3,6-2)18(23)21-12-10-20(11-13-21)17(22)15-8-7-9-16(14-15)24-4/h5,7-9,14H,1,6,10-13H2,2-4H3/t19-/m0/s1. The van der Waals surface area contributed by atoms with Gasteiger partial charge in [-0.25, -0.2) is 0 Å². The Morgan fingerprint density at radius 1 is 1.25 bits per heavy atom. The number of amides is 2. The van der Waals surface area contributed by atoms with Crippen LogP contribution in [-0.4, -0.2) is 54.9 Å². The van der Waals surface area contributed by atoms with Gasteiger partial charge in [-0.1, -0.05) is 19.1 Å². The second-order valence-corrected chi connectivity index (χ2v) is 6.29. The lowest BCUT2D eigenvalue weighted by atomic mass is 9.86. The number of hydrogen-bond donors (Lipinski definition) is 0. The van der Waals surface area contributed by atoms with Crippen LogP contribution in [0.4, 0.5) is 0 Å². The van der Waals surface area contributed by atoms with E-state index in [-0.39, 0.29) is 11.8 Å². The number of ether oxygens (including phenoxy) is 1. The second-order valence-electron chi connectivity index (χ2n) is 6.29. The minimum Gasteiger partial charge on any atom is -0.497 e. The summed E-state index contributed by atoms with van der Waals surface area (Å²) in [6, 6.07) is 7.15. The zero-order valence-corrected chi connectivity index (χ0v) is 14.7. The summed E-state index contributed by atoms with van der Waals surface area (Å²) in [6.45, 7) is 9.88. The summed E-state index contributed by atoms with van der Waals surface area (Å²) in [7, 11) is 1.58. The van der Waals surface area contributed by atoms with Gasteiger partial charge in [0.15, 0.2) is 0 Å². The first-order valence-electron chi connectivity index (χ1n) is 8.31. The van der Waals surface area contributed by atoms with Crippen molar-refractivity contribution in [3.8, 4) is 5.75 Å². The van der Waals surface area contributed by atoms with Crippen molar-refractivity contribution >= 4 is 11.8 Å². The van der Waals surface area contributed by atoms with Crippen molar-refractivity contribution in [2.75, 3.05) is 33.3 Å². The van der Waals surface area contributed by atoms with Crippen LogP contribution in [0.15, 0.2) is 36.9 Å². The third-order valence-corrected chi connectivity index (χ3v) is 4.84. The Bertz CT molecular complexity index is 621. The average molecular weight is 330 g/mol. The molecule has 2 rings (SSSR count). The van der Waals surface area contributed by atoms with E-state index in [1.807, 2.05) is 30.9 Å². The highest BCUT2D eigenvalue weighted by molar-refractivity contribution is 5.95. The molecule has 1 aromatic carbocycles. The summed E-state index contributed by atoms with van der Waals surface area (Å²) < 4.78 is 5.17. The van der Waals surface area contributed by atoms with Gasteiger partial charge in [-0.3, -0.25) is 9.59 Å². The molecule has 1 atom stereocenters.